The van der Waals surface area contributed by atoms with Gasteiger partial charge in [0.15, 0.2) is 0 Å². The van der Waals surface area contributed by atoms with Crippen LogP contribution in [0.2, 0.25) is 0 Å². The molecule has 1 aliphatic heterocycles. The van der Waals surface area contributed by atoms with Crippen LogP contribution in [0.3, 0.4) is 0 Å². The molecule has 0 aromatic heterocycles. The summed E-state index contributed by atoms with van der Waals surface area (Å²) >= 11 is 0. The molecule has 1 amide bonds. The lowest BCUT2D eigenvalue weighted by molar-refractivity contribution is -0.146. The topological polar surface area (TPSA) is 64.8 Å². The van der Waals surface area contributed by atoms with Crippen molar-refractivity contribution in [1.29, 1.82) is 0 Å². The number of methoxy groups -OCH3 is 1. The molecule has 1 aliphatic rings. The van der Waals surface area contributed by atoms with Gasteiger partial charge in [0.1, 0.15) is 11.9 Å². The summed E-state index contributed by atoms with van der Waals surface area (Å²) in [5.41, 5.74) is 7.07. The van der Waals surface area contributed by atoms with Crippen molar-refractivity contribution in [2.45, 2.75) is 45.9 Å². The Morgan fingerprint density at radius 3 is 2.79 bits per heavy atom. The zero-order chi connectivity index (χ0) is 17.0. The number of carbonyl (C=O) groups is 1. The van der Waals surface area contributed by atoms with Crippen molar-refractivity contribution in [2.75, 3.05) is 20.2 Å². The first-order chi connectivity index (χ1) is 10.8. The molecule has 136 valence electrons. The first-order valence-corrected chi connectivity index (χ1v) is 8.12. The highest BCUT2D eigenvalue weighted by Crippen LogP contribution is 2.28. The van der Waals surface area contributed by atoms with Gasteiger partial charge in [-0.15, -0.1) is 12.4 Å². The van der Waals surface area contributed by atoms with E-state index in [0.29, 0.717) is 19.7 Å². The van der Waals surface area contributed by atoms with Gasteiger partial charge in [-0.1, -0.05) is 26.0 Å². The van der Waals surface area contributed by atoms with Crippen molar-refractivity contribution in [1.82, 2.24) is 4.90 Å². The van der Waals surface area contributed by atoms with E-state index in [4.69, 9.17) is 15.2 Å². The monoisotopic (exact) mass is 356 g/mol. The van der Waals surface area contributed by atoms with Crippen molar-refractivity contribution in [2.24, 2.45) is 11.1 Å². The van der Waals surface area contributed by atoms with Crippen molar-refractivity contribution < 1.29 is 14.3 Å². The second-order valence-electron chi connectivity index (χ2n) is 6.95. The average molecular weight is 357 g/mol. The second kappa shape index (κ2) is 8.70. The summed E-state index contributed by atoms with van der Waals surface area (Å²) in [6.45, 7) is 7.80. The number of carbonyl (C=O) groups excluding carboxylic acids is 1. The molecule has 0 spiro atoms. The molecule has 1 aromatic rings. The van der Waals surface area contributed by atoms with E-state index in [9.17, 15) is 4.79 Å². The van der Waals surface area contributed by atoms with Gasteiger partial charge in [-0.05, 0) is 36.5 Å². The van der Waals surface area contributed by atoms with E-state index >= 15 is 0 Å². The summed E-state index contributed by atoms with van der Waals surface area (Å²) in [5, 5.41) is 0. The molecule has 24 heavy (non-hydrogen) atoms. The predicted molar refractivity (Wildman–Crippen MR) is 97.4 cm³/mol. The molecule has 6 heteroatoms. The van der Waals surface area contributed by atoms with E-state index in [1.54, 1.807) is 7.11 Å². The summed E-state index contributed by atoms with van der Waals surface area (Å²) in [7, 11) is 1.63. The Bertz CT molecular complexity index is 551. The van der Waals surface area contributed by atoms with Gasteiger partial charge >= 0.3 is 0 Å². The SMILES string of the molecule is COc1cccc(COC(C)C(=O)N2CCC(N)C(C)(C)C2)c1.Cl. The molecule has 5 nitrogen and oxygen atoms in total. The molecular weight excluding hydrogens is 328 g/mol. The van der Waals surface area contributed by atoms with Crippen LogP contribution < -0.4 is 10.5 Å². The molecule has 2 rings (SSSR count). The number of amides is 1. The van der Waals surface area contributed by atoms with Crippen LogP contribution in [0.15, 0.2) is 24.3 Å². The summed E-state index contributed by atoms with van der Waals surface area (Å²) in [5.74, 6) is 0.824. The van der Waals surface area contributed by atoms with Gasteiger partial charge in [-0.25, -0.2) is 0 Å². The highest BCUT2D eigenvalue weighted by molar-refractivity contribution is 5.85. The van der Waals surface area contributed by atoms with Crippen LogP contribution in [-0.2, 0) is 16.1 Å². The third-order valence-electron chi connectivity index (χ3n) is 4.61. The van der Waals surface area contributed by atoms with Gasteiger partial charge in [0.2, 0.25) is 0 Å². The Morgan fingerprint density at radius 2 is 2.17 bits per heavy atom. The number of halogens is 1. The molecule has 2 atom stereocenters. The van der Waals surface area contributed by atoms with Crippen LogP contribution in [0, 0.1) is 5.41 Å². The van der Waals surface area contributed by atoms with Crippen molar-refractivity contribution in [3.05, 3.63) is 29.8 Å². The number of piperidine rings is 1. The minimum atomic E-state index is -0.466. The Kier molecular flexibility index (Phi) is 7.52. The molecule has 1 saturated heterocycles. The van der Waals surface area contributed by atoms with E-state index in [2.05, 4.69) is 13.8 Å². The van der Waals surface area contributed by atoms with Gasteiger partial charge in [0.05, 0.1) is 13.7 Å². The van der Waals surface area contributed by atoms with Crippen LogP contribution in [0.4, 0.5) is 0 Å². The number of rotatable bonds is 5. The van der Waals surface area contributed by atoms with Gasteiger partial charge in [0, 0.05) is 19.1 Å². The Balaban J connectivity index is 0.00000288. The molecule has 0 radical (unpaired) electrons. The molecule has 0 aliphatic carbocycles. The quantitative estimate of drug-likeness (QED) is 0.880. The largest absolute Gasteiger partial charge is 0.497 e. The fourth-order valence-electron chi connectivity index (χ4n) is 2.87. The first kappa shape index (κ1) is 20.7. The minimum absolute atomic E-state index is 0. The maximum Gasteiger partial charge on any atom is 0.251 e. The fourth-order valence-corrected chi connectivity index (χ4v) is 2.87. The predicted octanol–water partition coefficient (Wildman–Crippen LogP) is 2.61. The van der Waals surface area contributed by atoms with Crippen LogP contribution in [0.5, 0.6) is 5.75 Å². The van der Waals surface area contributed by atoms with E-state index in [0.717, 1.165) is 17.7 Å². The number of ether oxygens (including phenoxy) is 2. The number of hydrogen-bond acceptors (Lipinski definition) is 4. The average Bonchev–Trinajstić information content (AvgIpc) is 2.54. The fraction of sp³-hybridized carbons (Fsp3) is 0.611. The highest BCUT2D eigenvalue weighted by atomic mass is 35.5. The molecule has 1 aromatic carbocycles. The van der Waals surface area contributed by atoms with Gasteiger partial charge in [-0.3, -0.25) is 4.79 Å². The zero-order valence-corrected chi connectivity index (χ0v) is 15.8. The maximum atomic E-state index is 12.6. The lowest BCUT2D eigenvalue weighted by Crippen LogP contribution is -2.55. The number of nitrogens with two attached hydrogens (primary N) is 1. The maximum absolute atomic E-state index is 12.6. The number of hydrogen-bond donors (Lipinski definition) is 1. The smallest absolute Gasteiger partial charge is 0.251 e. The summed E-state index contributed by atoms with van der Waals surface area (Å²) < 4.78 is 11.0. The molecule has 2 N–H and O–H groups in total. The van der Waals surface area contributed by atoms with Gasteiger partial charge < -0.3 is 20.1 Å². The van der Waals surface area contributed by atoms with Crippen LogP contribution >= 0.6 is 12.4 Å². The van der Waals surface area contributed by atoms with E-state index in [-0.39, 0.29) is 29.8 Å². The third kappa shape index (κ3) is 5.10. The van der Waals surface area contributed by atoms with Crippen LogP contribution in [0.1, 0.15) is 32.8 Å². The highest BCUT2D eigenvalue weighted by Gasteiger charge is 2.36. The molecule has 1 heterocycles. The number of likely N-dealkylation sites (tertiary alicyclic amines) is 1. The second-order valence-corrected chi connectivity index (χ2v) is 6.95. The molecule has 0 saturated carbocycles. The summed E-state index contributed by atoms with van der Waals surface area (Å²) in [6.07, 6.45) is 0.368. The normalized spacial score (nSPS) is 20.9. The first-order valence-electron chi connectivity index (χ1n) is 8.12. The Hall–Kier alpha value is -1.30. The van der Waals surface area contributed by atoms with Gasteiger partial charge in [0.25, 0.3) is 5.91 Å². The zero-order valence-electron chi connectivity index (χ0n) is 15.0. The van der Waals surface area contributed by atoms with E-state index in [1.807, 2.05) is 36.1 Å². The number of benzene rings is 1. The lowest BCUT2D eigenvalue weighted by atomic mass is 9.79. The minimum Gasteiger partial charge on any atom is -0.497 e. The Morgan fingerprint density at radius 1 is 1.46 bits per heavy atom. The standard InChI is InChI=1S/C18H28N2O3.ClH/c1-13(23-11-14-6-5-7-15(10-14)22-4)17(21)20-9-8-16(19)18(2,3)12-20;/h5-7,10,13,16H,8-9,11-12,19H2,1-4H3;1H. The van der Waals surface area contributed by atoms with Crippen molar-refractivity contribution in [3.8, 4) is 5.75 Å². The lowest BCUT2D eigenvalue weighted by Gasteiger charge is -2.43. The summed E-state index contributed by atoms with van der Waals surface area (Å²) in [6, 6.07) is 7.82. The summed E-state index contributed by atoms with van der Waals surface area (Å²) in [4.78, 5) is 14.4. The van der Waals surface area contributed by atoms with Gasteiger partial charge in [-0.2, -0.15) is 0 Å². The Labute approximate surface area is 150 Å². The van der Waals surface area contributed by atoms with E-state index in [1.165, 1.54) is 0 Å². The molecular formula is C18H29ClN2O3. The van der Waals surface area contributed by atoms with Crippen molar-refractivity contribution in [3.63, 3.8) is 0 Å². The number of nitrogens with zero attached hydrogens (tertiary/aromatic N) is 1. The molecule has 2 unspecified atom stereocenters. The molecule has 0 bridgehead atoms. The van der Waals surface area contributed by atoms with Crippen LogP contribution in [0.25, 0.3) is 0 Å². The van der Waals surface area contributed by atoms with Crippen molar-refractivity contribution >= 4 is 18.3 Å². The molecule has 1 fully saturated rings. The third-order valence-corrected chi connectivity index (χ3v) is 4.61. The van der Waals surface area contributed by atoms with Crippen LogP contribution in [-0.4, -0.2) is 43.2 Å². The van der Waals surface area contributed by atoms with E-state index < -0.39 is 6.10 Å².